The smallest absolute Gasteiger partial charge is 0.282 e. The molecule has 2 N–H and O–H groups in total. The summed E-state index contributed by atoms with van der Waals surface area (Å²) in [6.07, 6.45) is 0. The second kappa shape index (κ2) is 9.48. The molecule has 2 aromatic rings. The number of para-hydroxylation sites is 1. The number of nitrogens with one attached hydrogen (secondary N) is 2. The Morgan fingerprint density at radius 2 is 1.71 bits per heavy atom. The molecule has 2 atom stereocenters. The van der Waals surface area contributed by atoms with Crippen LogP contribution in [0.1, 0.15) is 6.92 Å². The van der Waals surface area contributed by atoms with E-state index in [2.05, 4.69) is 5.32 Å². The average Bonchev–Trinajstić information content (AvgIpc) is 2.74. The highest BCUT2D eigenvalue weighted by atomic mass is 16.5. The third kappa shape index (κ3) is 4.97. The Morgan fingerprint density at radius 1 is 1.07 bits per heavy atom. The number of amides is 2. The Morgan fingerprint density at radius 3 is 2.43 bits per heavy atom. The van der Waals surface area contributed by atoms with Gasteiger partial charge in [-0.1, -0.05) is 48.5 Å². The van der Waals surface area contributed by atoms with Gasteiger partial charge in [0, 0.05) is 24.3 Å². The van der Waals surface area contributed by atoms with Crippen LogP contribution in [0.3, 0.4) is 0 Å². The number of benzene rings is 2. The number of carbonyl (C=O) groups is 2. The predicted molar refractivity (Wildman–Crippen MR) is 109 cm³/mol. The van der Waals surface area contributed by atoms with Crippen molar-refractivity contribution in [1.29, 1.82) is 0 Å². The fraction of sp³-hybridized carbons (Fsp3) is 0.364. The topological polar surface area (TPSA) is 63.1 Å². The quantitative estimate of drug-likeness (QED) is 0.785. The van der Waals surface area contributed by atoms with Crippen LogP contribution in [0.15, 0.2) is 54.6 Å². The van der Waals surface area contributed by atoms with Gasteiger partial charge in [0.25, 0.3) is 11.8 Å². The maximum atomic E-state index is 12.8. The van der Waals surface area contributed by atoms with Crippen LogP contribution in [0, 0.1) is 0 Å². The lowest BCUT2D eigenvalue weighted by atomic mass is 10.0. The number of quaternary nitrogens is 1. The van der Waals surface area contributed by atoms with E-state index in [4.69, 9.17) is 4.74 Å². The van der Waals surface area contributed by atoms with Crippen molar-refractivity contribution in [3.8, 4) is 11.1 Å². The van der Waals surface area contributed by atoms with Gasteiger partial charge in [0.2, 0.25) is 0 Å². The van der Waals surface area contributed by atoms with Gasteiger partial charge >= 0.3 is 0 Å². The van der Waals surface area contributed by atoms with Gasteiger partial charge < -0.3 is 19.9 Å². The first kappa shape index (κ1) is 20.0. The van der Waals surface area contributed by atoms with Gasteiger partial charge in [0.05, 0.1) is 20.3 Å². The van der Waals surface area contributed by atoms with Crippen LogP contribution in [-0.2, 0) is 14.3 Å². The summed E-state index contributed by atoms with van der Waals surface area (Å²) in [6.45, 7) is 4.54. The fourth-order valence-corrected chi connectivity index (χ4v) is 3.24. The zero-order valence-corrected chi connectivity index (χ0v) is 16.5. The van der Waals surface area contributed by atoms with E-state index >= 15 is 0 Å². The highest BCUT2D eigenvalue weighted by molar-refractivity contribution is 5.97. The molecule has 0 radical (unpaired) electrons. The van der Waals surface area contributed by atoms with Crippen LogP contribution in [0.4, 0.5) is 5.69 Å². The number of hydrogen-bond donors (Lipinski definition) is 2. The van der Waals surface area contributed by atoms with Crippen LogP contribution in [-0.4, -0.2) is 62.7 Å². The number of ether oxygens (including phenoxy) is 1. The minimum absolute atomic E-state index is 0.0603. The second-order valence-electron chi connectivity index (χ2n) is 7.14. The summed E-state index contributed by atoms with van der Waals surface area (Å²) in [5.41, 5.74) is 2.80. The molecular formula is C22H28N3O3+. The van der Waals surface area contributed by atoms with Crippen LogP contribution >= 0.6 is 0 Å². The first-order valence-corrected chi connectivity index (χ1v) is 9.69. The molecule has 0 aliphatic carbocycles. The number of morpholine rings is 1. The molecule has 2 aromatic carbocycles. The lowest BCUT2D eigenvalue weighted by molar-refractivity contribution is -0.886. The Balaban J connectivity index is 1.63. The largest absolute Gasteiger partial charge is 0.378 e. The molecule has 1 heterocycles. The molecule has 0 saturated carbocycles. The summed E-state index contributed by atoms with van der Waals surface area (Å²) in [7, 11) is 1.88. The highest BCUT2D eigenvalue weighted by Gasteiger charge is 2.27. The van der Waals surface area contributed by atoms with Crippen LogP contribution in [0.25, 0.3) is 11.1 Å². The number of likely N-dealkylation sites (N-methyl/N-ethyl adjacent to an activating group) is 1. The van der Waals surface area contributed by atoms with Gasteiger partial charge in [-0.2, -0.15) is 0 Å². The van der Waals surface area contributed by atoms with Gasteiger partial charge in [-0.25, -0.2) is 0 Å². The van der Waals surface area contributed by atoms with Crippen LogP contribution in [0.2, 0.25) is 0 Å². The zero-order chi connectivity index (χ0) is 19.9. The normalized spacial score (nSPS) is 16.3. The predicted octanol–water partition coefficient (Wildman–Crippen LogP) is 1.05. The maximum absolute atomic E-state index is 12.8. The van der Waals surface area contributed by atoms with Gasteiger partial charge in [0.15, 0.2) is 12.6 Å². The molecule has 2 amide bonds. The summed E-state index contributed by atoms with van der Waals surface area (Å²) >= 11 is 0. The average molecular weight is 382 g/mol. The molecular weight excluding hydrogens is 354 g/mol. The molecule has 6 nitrogen and oxygen atoms in total. The third-order valence-electron chi connectivity index (χ3n) is 5.20. The van der Waals surface area contributed by atoms with Gasteiger partial charge in [-0.05, 0) is 18.6 Å². The molecule has 0 aromatic heterocycles. The first-order valence-electron chi connectivity index (χ1n) is 9.69. The van der Waals surface area contributed by atoms with Crippen molar-refractivity contribution in [3.63, 3.8) is 0 Å². The zero-order valence-electron chi connectivity index (χ0n) is 16.5. The van der Waals surface area contributed by atoms with Crippen molar-refractivity contribution in [2.75, 3.05) is 45.2 Å². The van der Waals surface area contributed by atoms with Crippen LogP contribution in [0.5, 0.6) is 0 Å². The molecule has 6 heteroatoms. The van der Waals surface area contributed by atoms with Gasteiger partial charge in [0.1, 0.15) is 0 Å². The van der Waals surface area contributed by atoms with E-state index in [9.17, 15) is 9.59 Å². The maximum Gasteiger partial charge on any atom is 0.282 e. The minimum Gasteiger partial charge on any atom is -0.378 e. The molecule has 0 spiro atoms. The summed E-state index contributed by atoms with van der Waals surface area (Å²) in [4.78, 5) is 27.9. The van der Waals surface area contributed by atoms with E-state index in [0.717, 1.165) is 21.7 Å². The fourth-order valence-electron chi connectivity index (χ4n) is 3.24. The molecule has 1 aliphatic heterocycles. The number of anilines is 1. The monoisotopic (exact) mass is 382 g/mol. The van der Waals surface area contributed by atoms with Gasteiger partial charge in [-0.15, -0.1) is 0 Å². The number of nitrogens with zero attached hydrogens (tertiary/aromatic N) is 1. The minimum atomic E-state index is -0.353. The van der Waals surface area contributed by atoms with E-state index in [-0.39, 0.29) is 24.4 Å². The van der Waals surface area contributed by atoms with Crippen molar-refractivity contribution in [1.82, 2.24) is 4.90 Å². The number of carbonyl (C=O) groups excluding carboxylic acids is 2. The molecule has 148 valence electrons. The van der Waals surface area contributed by atoms with Crippen LogP contribution < -0.4 is 10.2 Å². The SMILES string of the molecule is C[C@@H](C(=O)Nc1ccccc1-c1ccccc1)[NH+](C)CC(=O)N1CCOCC1. The molecule has 0 bridgehead atoms. The highest BCUT2D eigenvalue weighted by Crippen LogP contribution is 2.27. The Hall–Kier alpha value is -2.70. The summed E-state index contributed by atoms with van der Waals surface area (Å²) in [5, 5.41) is 3.04. The van der Waals surface area contributed by atoms with Crippen molar-refractivity contribution in [2.45, 2.75) is 13.0 Å². The lowest BCUT2D eigenvalue weighted by Crippen LogP contribution is -3.15. The van der Waals surface area contributed by atoms with E-state index in [1.165, 1.54) is 0 Å². The summed E-state index contributed by atoms with van der Waals surface area (Å²) < 4.78 is 5.29. The third-order valence-corrected chi connectivity index (χ3v) is 5.20. The van der Waals surface area contributed by atoms with E-state index in [1.54, 1.807) is 0 Å². The van der Waals surface area contributed by atoms with Gasteiger partial charge in [-0.3, -0.25) is 9.59 Å². The van der Waals surface area contributed by atoms with Crippen molar-refractivity contribution < 1.29 is 19.2 Å². The number of hydrogen-bond acceptors (Lipinski definition) is 3. The van der Waals surface area contributed by atoms with Crippen molar-refractivity contribution in [3.05, 3.63) is 54.6 Å². The van der Waals surface area contributed by atoms with E-state index in [1.807, 2.05) is 73.5 Å². The Labute approximate surface area is 166 Å². The summed E-state index contributed by atoms with van der Waals surface area (Å²) in [5.74, 6) is -0.0409. The molecule has 28 heavy (non-hydrogen) atoms. The van der Waals surface area contributed by atoms with E-state index in [0.29, 0.717) is 26.3 Å². The number of rotatable bonds is 6. The van der Waals surface area contributed by atoms with Crippen molar-refractivity contribution >= 4 is 17.5 Å². The van der Waals surface area contributed by atoms with Crippen molar-refractivity contribution in [2.24, 2.45) is 0 Å². The van der Waals surface area contributed by atoms with E-state index < -0.39 is 0 Å². The second-order valence-corrected chi connectivity index (χ2v) is 7.14. The molecule has 1 unspecified atom stereocenters. The molecule has 3 rings (SSSR count). The Bertz CT molecular complexity index is 804. The Kier molecular flexibility index (Phi) is 6.79. The lowest BCUT2D eigenvalue weighted by Gasteiger charge is -2.28. The molecule has 1 fully saturated rings. The molecule has 1 aliphatic rings. The standard InChI is InChI=1S/C22H27N3O3/c1-17(24(2)16-21(26)25-12-14-28-15-13-25)22(27)23-20-11-7-6-10-19(20)18-8-4-3-5-9-18/h3-11,17H,12-16H2,1-2H3,(H,23,27)/p+1/t17-/m0/s1. The summed E-state index contributed by atoms with van der Waals surface area (Å²) in [6, 6.07) is 17.4. The molecule has 1 saturated heterocycles. The first-order chi connectivity index (χ1) is 13.6.